The summed E-state index contributed by atoms with van der Waals surface area (Å²) in [6, 6.07) is 0.627. The molecule has 7 rings (SSSR count). The minimum absolute atomic E-state index is 0.00935. The SMILES string of the molecule is C=C1C2=C(C=CC(NCCCCCC(=O)NCCN3CC(C4CC5=C(C=C4C(F)F)C(CC4=C(N(C)C6CCCCC6)CCC(C(C)=O)C4)CCC5)C=N3)C2)C(=O)N1C(CC)CCC(C)=O. The van der Waals surface area contributed by atoms with Crippen LogP contribution in [0.5, 0.6) is 0 Å². The maximum Gasteiger partial charge on any atom is 0.260 e. The van der Waals surface area contributed by atoms with Gasteiger partial charge < -0.3 is 25.2 Å². The van der Waals surface area contributed by atoms with Gasteiger partial charge >= 0.3 is 0 Å². The zero-order chi connectivity index (χ0) is 46.9. The molecule has 2 heterocycles. The Morgan fingerprint density at radius 1 is 0.970 bits per heavy atom. The van der Waals surface area contributed by atoms with Gasteiger partial charge in [-0.25, -0.2) is 8.78 Å². The van der Waals surface area contributed by atoms with Crippen LogP contribution in [0.15, 0.2) is 74.7 Å². The van der Waals surface area contributed by atoms with Crippen LogP contribution in [0.25, 0.3) is 0 Å². The number of rotatable bonds is 22. The monoisotopic (exact) mass is 913 g/mol. The number of amides is 2. The molecular weight excluding hydrogens is 835 g/mol. The number of hydrogen-bond donors (Lipinski definition) is 2. The first-order chi connectivity index (χ1) is 31.8. The molecule has 2 N–H and O–H groups in total. The molecule has 12 heteroatoms. The largest absolute Gasteiger partial charge is 0.375 e. The molecule has 1 fully saturated rings. The maximum absolute atomic E-state index is 15.0. The summed E-state index contributed by atoms with van der Waals surface area (Å²) < 4.78 is 30.0. The van der Waals surface area contributed by atoms with Gasteiger partial charge in [-0.3, -0.25) is 19.4 Å². The first kappa shape index (κ1) is 49.7. The molecule has 0 spiro atoms. The van der Waals surface area contributed by atoms with E-state index in [0.29, 0.717) is 57.8 Å². The smallest absolute Gasteiger partial charge is 0.260 e. The second-order valence-corrected chi connectivity index (χ2v) is 20.6. The van der Waals surface area contributed by atoms with Crippen LogP contribution in [-0.4, -0.2) is 102 Å². The highest BCUT2D eigenvalue weighted by atomic mass is 19.3. The van der Waals surface area contributed by atoms with Crippen molar-refractivity contribution < 1.29 is 28.0 Å². The van der Waals surface area contributed by atoms with Crippen LogP contribution in [0.3, 0.4) is 0 Å². The van der Waals surface area contributed by atoms with Crippen LogP contribution in [-0.2, 0) is 19.2 Å². The third-order valence-electron chi connectivity index (χ3n) is 16.1. The van der Waals surface area contributed by atoms with E-state index in [9.17, 15) is 28.0 Å². The van der Waals surface area contributed by atoms with Gasteiger partial charge in [0, 0.05) is 86.1 Å². The molecule has 7 aliphatic rings. The van der Waals surface area contributed by atoms with Crippen molar-refractivity contribution in [2.45, 2.75) is 180 Å². The molecule has 0 aromatic heterocycles. The highest BCUT2D eigenvalue weighted by Gasteiger charge is 2.40. The molecule has 6 unspecified atom stereocenters. The van der Waals surface area contributed by atoms with Gasteiger partial charge in [-0.05, 0) is 151 Å². The van der Waals surface area contributed by atoms with Gasteiger partial charge in [0.1, 0.15) is 11.6 Å². The van der Waals surface area contributed by atoms with E-state index in [1.54, 1.807) is 18.7 Å². The molecular formula is C54H78F2N6O4. The highest BCUT2D eigenvalue weighted by molar-refractivity contribution is 6.03. The Morgan fingerprint density at radius 2 is 1.77 bits per heavy atom. The summed E-state index contributed by atoms with van der Waals surface area (Å²) in [5.41, 5.74) is 7.99. The Balaban J connectivity index is 0.823. The van der Waals surface area contributed by atoms with Crippen molar-refractivity contribution in [3.63, 3.8) is 0 Å². The summed E-state index contributed by atoms with van der Waals surface area (Å²) >= 11 is 0. The van der Waals surface area contributed by atoms with Gasteiger partial charge in [-0.15, -0.1) is 0 Å². The van der Waals surface area contributed by atoms with Crippen LogP contribution >= 0.6 is 0 Å². The molecule has 2 amide bonds. The molecule has 362 valence electrons. The number of nitrogens with zero attached hydrogens (tertiary/aromatic N) is 4. The first-order valence-electron chi connectivity index (χ1n) is 25.7. The van der Waals surface area contributed by atoms with E-state index < -0.39 is 6.43 Å². The fraction of sp³-hybridized carbons (Fsp3) is 0.685. The van der Waals surface area contributed by atoms with E-state index in [0.717, 1.165) is 99.6 Å². The summed E-state index contributed by atoms with van der Waals surface area (Å²) in [5.74, 6) is 0.266. The Morgan fingerprint density at radius 3 is 2.52 bits per heavy atom. The number of allylic oxidation sites excluding steroid dienone is 7. The molecule has 0 radical (unpaired) electrons. The third-order valence-corrected chi connectivity index (χ3v) is 16.1. The fourth-order valence-corrected chi connectivity index (χ4v) is 12.2. The molecule has 0 bridgehead atoms. The number of Topliss-reactive ketones (excluding diaryl/α,β-unsaturated/α-hetero) is 2. The van der Waals surface area contributed by atoms with Crippen molar-refractivity contribution in [2.24, 2.45) is 28.8 Å². The number of ketones is 2. The molecule has 5 aliphatic carbocycles. The van der Waals surface area contributed by atoms with Crippen LogP contribution in [0.1, 0.15) is 156 Å². The summed E-state index contributed by atoms with van der Waals surface area (Å²) in [7, 11) is 2.26. The number of alkyl halides is 2. The molecule has 66 heavy (non-hydrogen) atoms. The van der Waals surface area contributed by atoms with Crippen molar-refractivity contribution in [3.05, 3.63) is 69.6 Å². The summed E-state index contributed by atoms with van der Waals surface area (Å²) in [6.45, 7) is 12.0. The lowest BCUT2D eigenvalue weighted by Gasteiger charge is -2.41. The van der Waals surface area contributed by atoms with E-state index >= 15 is 0 Å². The number of halogens is 2. The molecule has 1 saturated carbocycles. The van der Waals surface area contributed by atoms with Gasteiger partial charge in [0.15, 0.2) is 0 Å². The van der Waals surface area contributed by atoms with Crippen molar-refractivity contribution in [3.8, 4) is 0 Å². The quantitative estimate of drug-likeness (QED) is 0.104. The third kappa shape index (κ3) is 12.1. The van der Waals surface area contributed by atoms with Gasteiger partial charge in [0.2, 0.25) is 5.91 Å². The van der Waals surface area contributed by atoms with Crippen LogP contribution < -0.4 is 10.6 Å². The van der Waals surface area contributed by atoms with E-state index in [2.05, 4.69) is 40.3 Å². The average molecular weight is 913 g/mol. The normalized spacial score (nSPS) is 26.3. The molecule has 10 nitrogen and oxygen atoms in total. The summed E-state index contributed by atoms with van der Waals surface area (Å²) in [6.07, 6.45) is 24.3. The Bertz CT molecular complexity index is 2010. The van der Waals surface area contributed by atoms with Gasteiger partial charge in [0.05, 0.1) is 6.54 Å². The van der Waals surface area contributed by atoms with Gasteiger partial charge in [0.25, 0.3) is 12.3 Å². The fourth-order valence-electron chi connectivity index (χ4n) is 12.2. The molecule has 0 saturated heterocycles. The molecule has 2 aliphatic heterocycles. The van der Waals surface area contributed by atoms with E-state index in [-0.39, 0.29) is 64.7 Å². The summed E-state index contributed by atoms with van der Waals surface area (Å²) in [5, 5.41) is 13.2. The Kier molecular flexibility index (Phi) is 17.5. The zero-order valence-electron chi connectivity index (χ0n) is 40.5. The minimum atomic E-state index is -2.53. The molecule has 6 atom stereocenters. The second-order valence-electron chi connectivity index (χ2n) is 20.6. The summed E-state index contributed by atoms with van der Waals surface area (Å²) in [4.78, 5) is 54.6. The van der Waals surface area contributed by atoms with Gasteiger partial charge in [-0.2, -0.15) is 5.10 Å². The standard InChI is InChI=1S/C54H78F2N6O4/c1-6-44(22-19-35(2)63)62-36(3)47-31-43(21-23-46(47)54(62)66)57-25-12-8-11-18-52(65)58-26-27-61-34-42(33-59-61)49-30-40-15-13-14-39(48(40)32-50(49)53(55)56)29-41-28-38(37(4)64)20-24-51(41)60(5)45-16-9-7-10-17-45/h21,23,32-33,38-39,42-45,49,53,57H,3,6-20,22,24-31,34H2,1-2,4-5H3,(H,58,65). The predicted molar refractivity (Wildman–Crippen MR) is 258 cm³/mol. The number of hydrogen-bond acceptors (Lipinski definition) is 8. The van der Waals surface area contributed by atoms with E-state index in [4.69, 9.17) is 0 Å². The highest BCUT2D eigenvalue weighted by Crippen LogP contribution is 2.48. The van der Waals surface area contributed by atoms with Crippen LogP contribution in [0.2, 0.25) is 0 Å². The maximum atomic E-state index is 15.0. The van der Waals surface area contributed by atoms with E-state index in [1.807, 2.05) is 30.3 Å². The molecule has 0 aromatic carbocycles. The number of hydrazone groups is 1. The number of unbranched alkanes of at least 4 members (excludes halogenated alkanes) is 2. The van der Waals surface area contributed by atoms with Crippen molar-refractivity contribution >= 4 is 29.6 Å². The molecule has 0 aromatic rings. The van der Waals surface area contributed by atoms with Crippen molar-refractivity contribution in [1.29, 1.82) is 0 Å². The Labute approximate surface area is 393 Å². The van der Waals surface area contributed by atoms with Crippen LogP contribution in [0.4, 0.5) is 8.78 Å². The van der Waals surface area contributed by atoms with E-state index in [1.165, 1.54) is 48.9 Å². The Hall–Kier alpha value is -4.19. The average Bonchev–Trinajstić information content (AvgIpc) is 3.88. The zero-order valence-corrected chi connectivity index (χ0v) is 40.5. The van der Waals surface area contributed by atoms with Crippen molar-refractivity contribution in [1.82, 2.24) is 25.4 Å². The second kappa shape index (κ2) is 23.2. The van der Waals surface area contributed by atoms with Crippen LogP contribution in [0, 0.1) is 23.7 Å². The lowest BCUT2D eigenvalue weighted by atomic mass is 9.68. The minimum Gasteiger partial charge on any atom is -0.375 e. The van der Waals surface area contributed by atoms with Gasteiger partial charge in [-0.1, -0.05) is 63.0 Å². The number of carbonyl (C=O) groups is 4. The van der Waals surface area contributed by atoms with Crippen molar-refractivity contribution in [2.75, 3.05) is 33.2 Å². The number of nitrogens with one attached hydrogen (secondary N) is 2. The first-order valence-corrected chi connectivity index (χ1v) is 25.7. The lowest BCUT2D eigenvalue weighted by Crippen LogP contribution is -2.36. The predicted octanol–water partition coefficient (Wildman–Crippen LogP) is 9.90. The number of carbonyl (C=O) groups excluding carboxylic acids is 4. The lowest BCUT2D eigenvalue weighted by molar-refractivity contribution is -0.126. The topological polar surface area (TPSA) is 114 Å².